The Balaban J connectivity index is 1.17. The van der Waals surface area contributed by atoms with Gasteiger partial charge in [0.2, 0.25) is 11.8 Å². The van der Waals surface area contributed by atoms with Crippen LogP contribution in [0.3, 0.4) is 0 Å². The topological polar surface area (TPSA) is 91.0 Å². The number of alkyl carbamates (subject to hydrolysis) is 1. The number of hydrogen-bond donors (Lipinski definition) is 2. The molecule has 8 nitrogen and oxygen atoms in total. The molecule has 2 heterocycles. The second kappa shape index (κ2) is 14.7. The summed E-state index contributed by atoms with van der Waals surface area (Å²) < 4.78 is 5.29. The maximum Gasteiger partial charge on any atom is 0.407 e. The monoisotopic (exact) mass is 574 g/mol. The molecule has 2 saturated heterocycles. The number of nitrogens with one attached hydrogen (secondary N) is 2. The maximum atomic E-state index is 14.1. The number of benzene rings is 2. The minimum atomic E-state index is -0.759. The van der Waals surface area contributed by atoms with E-state index in [4.69, 9.17) is 4.74 Å². The molecule has 0 bridgehead atoms. The Hall–Kier alpha value is -3.39. The van der Waals surface area contributed by atoms with Crippen LogP contribution in [0.4, 0.5) is 4.79 Å². The molecule has 1 atom stereocenters. The maximum absolute atomic E-state index is 14.1. The predicted octanol–water partition coefficient (Wildman–Crippen LogP) is 4.82. The lowest BCUT2D eigenvalue weighted by molar-refractivity contribution is -0.166. The van der Waals surface area contributed by atoms with Crippen molar-refractivity contribution in [2.24, 2.45) is 0 Å². The molecule has 0 aromatic heterocycles. The van der Waals surface area contributed by atoms with Gasteiger partial charge in [-0.2, -0.15) is 0 Å². The van der Waals surface area contributed by atoms with Crippen LogP contribution in [0.15, 0.2) is 60.7 Å². The molecular formula is C34H46N4O4. The van der Waals surface area contributed by atoms with Gasteiger partial charge in [0.05, 0.1) is 0 Å². The van der Waals surface area contributed by atoms with E-state index in [0.29, 0.717) is 32.2 Å². The molecule has 226 valence electrons. The van der Waals surface area contributed by atoms with Gasteiger partial charge in [0.15, 0.2) is 0 Å². The molecule has 1 aliphatic carbocycles. The molecule has 0 unspecified atom stereocenters. The highest BCUT2D eigenvalue weighted by molar-refractivity contribution is 6.00. The van der Waals surface area contributed by atoms with E-state index in [1.54, 1.807) is 0 Å². The SMILES string of the molecule is O=C(NCCC[C@@H]1NC(=O)C2(CCN(CCc3ccccc3)CC2)N(C2CCCCCC2)C1=O)OCc1ccccc1. The van der Waals surface area contributed by atoms with E-state index < -0.39 is 17.7 Å². The van der Waals surface area contributed by atoms with Crippen LogP contribution < -0.4 is 10.6 Å². The van der Waals surface area contributed by atoms with Gasteiger partial charge >= 0.3 is 6.09 Å². The van der Waals surface area contributed by atoms with E-state index in [9.17, 15) is 14.4 Å². The summed E-state index contributed by atoms with van der Waals surface area (Å²) in [6.45, 7) is 3.19. The van der Waals surface area contributed by atoms with Gasteiger partial charge in [-0.25, -0.2) is 4.79 Å². The van der Waals surface area contributed by atoms with Crippen LogP contribution >= 0.6 is 0 Å². The summed E-state index contributed by atoms with van der Waals surface area (Å²) in [5, 5.41) is 5.91. The van der Waals surface area contributed by atoms with E-state index in [-0.39, 0.29) is 24.5 Å². The second-order valence-corrected chi connectivity index (χ2v) is 12.1. The van der Waals surface area contributed by atoms with Crippen LogP contribution in [0.1, 0.15) is 75.3 Å². The minimum absolute atomic E-state index is 0.00860. The molecule has 3 amide bonds. The van der Waals surface area contributed by atoms with Gasteiger partial charge in [-0.15, -0.1) is 0 Å². The van der Waals surface area contributed by atoms with Crippen LogP contribution in [-0.2, 0) is 27.4 Å². The van der Waals surface area contributed by atoms with Crippen molar-refractivity contribution in [3.05, 3.63) is 71.8 Å². The standard InChI is InChI=1S/C34H46N4O4/c39-31-30(18-11-22-35-33(41)42-26-28-14-7-4-8-15-28)36-32(40)34(38(31)29-16-9-1-2-10-17-29)20-24-37(25-21-34)23-19-27-12-5-3-6-13-27/h3-8,12-15,29-30H,1-2,9-11,16-26H2,(H,35,41)(H,36,40)/t30-/m0/s1. The number of nitrogens with zero attached hydrogens (tertiary/aromatic N) is 2. The van der Waals surface area contributed by atoms with Gasteiger partial charge in [0, 0.05) is 32.2 Å². The highest BCUT2D eigenvalue weighted by Crippen LogP contribution is 2.38. The average molecular weight is 575 g/mol. The fourth-order valence-corrected chi connectivity index (χ4v) is 6.90. The van der Waals surface area contributed by atoms with E-state index >= 15 is 0 Å². The molecule has 3 fully saturated rings. The highest BCUT2D eigenvalue weighted by Gasteiger charge is 2.55. The van der Waals surface area contributed by atoms with Crippen molar-refractivity contribution < 1.29 is 19.1 Å². The number of piperidine rings is 1. The van der Waals surface area contributed by atoms with Gasteiger partial charge < -0.3 is 25.2 Å². The zero-order valence-electron chi connectivity index (χ0n) is 24.8. The molecule has 8 heteroatoms. The smallest absolute Gasteiger partial charge is 0.407 e. The molecular weight excluding hydrogens is 528 g/mol. The molecule has 3 aliphatic rings. The average Bonchev–Trinajstić information content (AvgIpc) is 3.31. The largest absolute Gasteiger partial charge is 0.445 e. The number of ether oxygens (including phenoxy) is 1. The fraction of sp³-hybridized carbons (Fsp3) is 0.559. The van der Waals surface area contributed by atoms with Gasteiger partial charge in [-0.05, 0) is 56.1 Å². The Morgan fingerprint density at radius 2 is 1.55 bits per heavy atom. The molecule has 1 saturated carbocycles. The third kappa shape index (κ3) is 7.51. The number of carbonyl (C=O) groups is 3. The number of likely N-dealkylation sites (tertiary alicyclic amines) is 1. The number of carbonyl (C=O) groups excluding carboxylic acids is 3. The third-order valence-electron chi connectivity index (χ3n) is 9.31. The fourth-order valence-electron chi connectivity index (χ4n) is 6.90. The molecule has 42 heavy (non-hydrogen) atoms. The van der Waals surface area contributed by atoms with Crippen LogP contribution in [0.5, 0.6) is 0 Å². The van der Waals surface area contributed by atoms with E-state index in [1.807, 2.05) is 36.4 Å². The zero-order valence-corrected chi connectivity index (χ0v) is 24.8. The zero-order chi connectivity index (χ0) is 29.2. The first kappa shape index (κ1) is 30.1. The van der Waals surface area contributed by atoms with E-state index in [0.717, 1.165) is 57.3 Å². The van der Waals surface area contributed by atoms with Crippen molar-refractivity contribution >= 4 is 17.9 Å². The normalized spacial score (nSPS) is 21.5. The van der Waals surface area contributed by atoms with Crippen LogP contribution in [0.25, 0.3) is 0 Å². The van der Waals surface area contributed by atoms with Crippen molar-refractivity contribution in [1.82, 2.24) is 20.4 Å². The Bertz CT molecular complexity index is 1160. The van der Waals surface area contributed by atoms with Gasteiger partial charge in [-0.1, -0.05) is 86.3 Å². The molecule has 2 aromatic carbocycles. The molecule has 2 aromatic rings. The van der Waals surface area contributed by atoms with Crippen LogP contribution in [-0.4, -0.2) is 71.5 Å². The molecule has 1 spiro atoms. The van der Waals surface area contributed by atoms with Gasteiger partial charge in [0.25, 0.3) is 0 Å². The van der Waals surface area contributed by atoms with Crippen molar-refractivity contribution in [2.75, 3.05) is 26.2 Å². The molecule has 2 aliphatic heterocycles. The van der Waals surface area contributed by atoms with Gasteiger partial charge in [0.1, 0.15) is 18.2 Å². The summed E-state index contributed by atoms with van der Waals surface area (Å²) in [7, 11) is 0. The van der Waals surface area contributed by atoms with Crippen molar-refractivity contribution in [1.29, 1.82) is 0 Å². The lowest BCUT2D eigenvalue weighted by Gasteiger charge is -2.54. The predicted molar refractivity (Wildman–Crippen MR) is 163 cm³/mol. The molecule has 0 radical (unpaired) electrons. The lowest BCUT2D eigenvalue weighted by atomic mass is 9.79. The first-order valence-corrected chi connectivity index (χ1v) is 15.9. The quantitative estimate of drug-likeness (QED) is 0.314. The number of hydrogen-bond acceptors (Lipinski definition) is 5. The Morgan fingerprint density at radius 3 is 2.21 bits per heavy atom. The first-order chi connectivity index (χ1) is 20.5. The van der Waals surface area contributed by atoms with Gasteiger partial charge in [-0.3, -0.25) is 9.59 Å². The number of rotatable bonds is 10. The number of amides is 3. The van der Waals surface area contributed by atoms with E-state index in [2.05, 4.69) is 44.7 Å². The van der Waals surface area contributed by atoms with Crippen molar-refractivity contribution in [3.8, 4) is 0 Å². The van der Waals surface area contributed by atoms with Crippen molar-refractivity contribution in [2.45, 2.75) is 94.9 Å². The van der Waals surface area contributed by atoms with Crippen molar-refractivity contribution in [3.63, 3.8) is 0 Å². The minimum Gasteiger partial charge on any atom is -0.445 e. The van der Waals surface area contributed by atoms with Crippen LogP contribution in [0.2, 0.25) is 0 Å². The third-order valence-corrected chi connectivity index (χ3v) is 9.31. The molecule has 2 N–H and O–H groups in total. The Morgan fingerprint density at radius 1 is 0.905 bits per heavy atom. The summed E-state index contributed by atoms with van der Waals surface area (Å²) in [6, 6.07) is 19.6. The summed E-state index contributed by atoms with van der Waals surface area (Å²) in [6.07, 6.45) is 9.49. The van der Waals surface area contributed by atoms with Crippen LogP contribution in [0, 0.1) is 0 Å². The Kier molecular flexibility index (Phi) is 10.5. The summed E-state index contributed by atoms with van der Waals surface area (Å²) >= 11 is 0. The highest BCUT2D eigenvalue weighted by atomic mass is 16.5. The van der Waals surface area contributed by atoms with E-state index in [1.165, 1.54) is 18.4 Å². The first-order valence-electron chi connectivity index (χ1n) is 15.9. The molecule has 5 rings (SSSR count). The lowest BCUT2D eigenvalue weighted by Crippen LogP contribution is -2.74. The number of piperazine rings is 1. The summed E-state index contributed by atoms with van der Waals surface area (Å²) in [5.74, 6) is 0.0696. The second-order valence-electron chi connectivity index (χ2n) is 12.1. The summed E-state index contributed by atoms with van der Waals surface area (Å²) in [5.41, 5.74) is 1.49. The summed E-state index contributed by atoms with van der Waals surface area (Å²) in [4.78, 5) is 44.7. The Labute approximate surface area is 250 Å².